The lowest BCUT2D eigenvalue weighted by Gasteiger charge is -2.21. The lowest BCUT2D eigenvalue weighted by Crippen LogP contribution is -2.14. The molecule has 2 aromatic heterocycles. The topological polar surface area (TPSA) is 51.5 Å². The highest BCUT2D eigenvalue weighted by Crippen LogP contribution is 2.36. The molecule has 0 unspecified atom stereocenters. The Labute approximate surface area is 165 Å². The number of fused-ring (bicyclic) bond motifs is 3. The van der Waals surface area contributed by atoms with E-state index in [1.54, 1.807) is 25.6 Å². The molecule has 0 saturated carbocycles. The van der Waals surface area contributed by atoms with E-state index in [4.69, 9.17) is 4.74 Å². The molecule has 8 heteroatoms. The number of nitrogens with one attached hydrogen (secondary N) is 1. The van der Waals surface area contributed by atoms with Crippen molar-refractivity contribution in [3.05, 3.63) is 65.5 Å². The standard InChI is InChI=1S/C21H19F3N4O/c1-12-15(5-4-6-17(12)21(22,23)24)13(2)26-19-16-11-14(29-3)7-8-18(16)28-10-9-25-20(28)27-19/h4-11,13H,1-3H3,(H,25,26,27)/t13-/m1/s1. The molecule has 4 aromatic rings. The molecule has 1 N–H and O–H groups in total. The Hall–Kier alpha value is -3.29. The number of rotatable bonds is 4. The van der Waals surface area contributed by atoms with E-state index in [1.165, 1.54) is 13.0 Å². The Bertz CT molecular complexity index is 1200. The van der Waals surface area contributed by atoms with Crippen molar-refractivity contribution in [2.75, 3.05) is 12.4 Å². The van der Waals surface area contributed by atoms with Crippen LogP contribution in [-0.4, -0.2) is 21.5 Å². The number of alkyl halides is 3. The minimum absolute atomic E-state index is 0.198. The summed E-state index contributed by atoms with van der Waals surface area (Å²) < 4.78 is 47.1. The molecular weight excluding hydrogens is 381 g/mol. The quantitative estimate of drug-likeness (QED) is 0.499. The van der Waals surface area contributed by atoms with E-state index in [1.807, 2.05) is 29.5 Å². The number of methoxy groups -OCH3 is 1. The van der Waals surface area contributed by atoms with Crippen molar-refractivity contribution in [2.45, 2.75) is 26.1 Å². The molecule has 0 aliphatic heterocycles. The van der Waals surface area contributed by atoms with Gasteiger partial charge in [-0.1, -0.05) is 12.1 Å². The predicted molar refractivity (Wildman–Crippen MR) is 105 cm³/mol. The van der Waals surface area contributed by atoms with Gasteiger partial charge in [0.05, 0.1) is 24.2 Å². The molecule has 0 bridgehead atoms. The monoisotopic (exact) mass is 400 g/mol. The molecule has 150 valence electrons. The van der Waals surface area contributed by atoms with Crippen molar-refractivity contribution in [2.24, 2.45) is 0 Å². The zero-order valence-corrected chi connectivity index (χ0v) is 16.1. The first-order chi connectivity index (χ1) is 13.8. The van der Waals surface area contributed by atoms with E-state index in [0.29, 0.717) is 22.9 Å². The largest absolute Gasteiger partial charge is 0.497 e. The van der Waals surface area contributed by atoms with Crippen LogP contribution < -0.4 is 10.1 Å². The number of ether oxygens (including phenoxy) is 1. The third kappa shape index (κ3) is 3.35. The first kappa shape index (κ1) is 19.0. The minimum atomic E-state index is -4.40. The third-order valence-electron chi connectivity index (χ3n) is 5.05. The van der Waals surface area contributed by atoms with Gasteiger partial charge in [-0.05, 0) is 49.2 Å². The van der Waals surface area contributed by atoms with Crippen molar-refractivity contribution in [1.29, 1.82) is 0 Å². The van der Waals surface area contributed by atoms with Gasteiger partial charge in [0.1, 0.15) is 11.6 Å². The van der Waals surface area contributed by atoms with Gasteiger partial charge in [0.25, 0.3) is 0 Å². The summed E-state index contributed by atoms with van der Waals surface area (Å²) in [5.41, 5.74) is 0.986. The van der Waals surface area contributed by atoms with Gasteiger partial charge in [-0.2, -0.15) is 18.2 Å². The van der Waals surface area contributed by atoms with Gasteiger partial charge >= 0.3 is 6.18 Å². The maximum Gasteiger partial charge on any atom is 0.416 e. The zero-order valence-electron chi connectivity index (χ0n) is 16.1. The average molecular weight is 400 g/mol. The summed E-state index contributed by atoms with van der Waals surface area (Å²) in [5, 5.41) is 4.05. The Morgan fingerprint density at radius 1 is 1.17 bits per heavy atom. The molecular formula is C21H19F3N4O. The van der Waals surface area contributed by atoms with Gasteiger partial charge in [0.2, 0.25) is 5.78 Å². The maximum absolute atomic E-state index is 13.3. The molecule has 2 aromatic carbocycles. The van der Waals surface area contributed by atoms with E-state index >= 15 is 0 Å². The second kappa shape index (κ2) is 6.95. The van der Waals surface area contributed by atoms with Crippen LogP contribution in [0.3, 0.4) is 0 Å². The molecule has 29 heavy (non-hydrogen) atoms. The van der Waals surface area contributed by atoms with Gasteiger partial charge in [0.15, 0.2) is 0 Å². The maximum atomic E-state index is 13.3. The number of benzene rings is 2. The lowest BCUT2D eigenvalue weighted by molar-refractivity contribution is -0.138. The number of hydrogen-bond acceptors (Lipinski definition) is 4. The van der Waals surface area contributed by atoms with Crippen LogP contribution in [0.25, 0.3) is 16.7 Å². The summed E-state index contributed by atoms with van der Waals surface area (Å²) in [7, 11) is 1.58. The predicted octanol–water partition coefficient (Wildman–Crippen LogP) is 5.39. The second-order valence-electron chi connectivity index (χ2n) is 6.82. The fraction of sp³-hybridized carbons (Fsp3) is 0.238. The number of halogens is 3. The van der Waals surface area contributed by atoms with Crippen LogP contribution in [0, 0.1) is 6.92 Å². The number of imidazole rings is 1. The van der Waals surface area contributed by atoms with Gasteiger partial charge in [0, 0.05) is 17.8 Å². The van der Waals surface area contributed by atoms with Crippen LogP contribution in [0.15, 0.2) is 48.8 Å². The molecule has 0 aliphatic rings. The van der Waals surface area contributed by atoms with Crippen LogP contribution >= 0.6 is 0 Å². The highest BCUT2D eigenvalue weighted by molar-refractivity contribution is 5.92. The Morgan fingerprint density at radius 3 is 2.69 bits per heavy atom. The summed E-state index contributed by atoms with van der Waals surface area (Å²) >= 11 is 0. The molecule has 1 atom stereocenters. The molecule has 2 heterocycles. The Morgan fingerprint density at radius 2 is 1.97 bits per heavy atom. The van der Waals surface area contributed by atoms with E-state index in [-0.39, 0.29) is 5.56 Å². The molecule has 5 nitrogen and oxygen atoms in total. The van der Waals surface area contributed by atoms with Crippen molar-refractivity contribution in [3.8, 4) is 5.75 Å². The lowest BCUT2D eigenvalue weighted by atomic mass is 9.97. The van der Waals surface area contributed by atoms with Gasteiger partial charge in [-0.15, -0.1) is 0 Å². The molecule has 0 aliphatic carbocycles. The van der Waals surface area contributed by atoms with Crippen molar-refractivity contribution < 1.29 is 17.9 Å². The highest BCUT2D eigenvalue weighted by atomic mass is 19.4. The van der Waals surface area contributed by atoms with Crippen molar-refractivity contribution in [3.63, 3.8) is 0 Å². The fourth-order valence-electron chi connectivity index (χ4n) is 3.59. The average Bonchev–Trinajstić information content (AvgIpc) is 3.15. The molecule has 0 spiro atoms. The molecule has 0 saturated heterocycles. The smallest absolute Gasteiger partial charge is 0.416 e. The summed E-state index contributed by atoms with van der Waals surface area (Å²) in [5.74, 6) is 1.68. The van der Waals surface area contributed by atoms with E-state index in [2.05, 4.69) is 15.3 Å². The number of aromatic nitrogens is 3. The summed E-state index contributed by atoms with van der Waals surface area (Å²) in [4.78, 5) is 8.82. The normalized spacial score (nSPS) is 13.0. The third-order valence-corrected chi connectivity index (χ3v) is 5.05. The molecule has 0 fully saturated rings. The van der Waals surface area contributed by atoms with Gasteiger partial charge in [-0.25, -0.2) is 4.98 Å². The first-order valence-electron chi connectivity index (χ1n) is 9.03. The fourth-order valence-corrected chi connectivity index (χ4v) is 3.59. The van der Waals surface area contributed by atoms with Crippen molar-refractivity contribution >= 4 is 22.5 Å². The zero-order chi connectivity index (χ0) is 20.8. The van der Waals surface area contributed by atoms with Crippen LogP contribution in [0.4, 0.5) is 19.0 Å². The first-order valence-corrected chi connectivity index (χ1v) is 9.03. The SMILES string of the molecule is COc1ccc2c(c1)c(N[C@H](C)c1cccc(C(F)(F)F)c1C)nc1nccn12. The summed E-state index contributed by atoms with van der Waals surface area (Å²) in [6, 6.07) is 9.39. The van der Waals surface area contributed by atoms with E-state index < -0.39 is 17.8 Å². The van der Waals surface area contributed by atoms with Crippen molar-refractivity contribution in [1.82, 2.24) is 14.4 Å². The number of nitrogens with zero attached hydrogens (tertiary/aromatic N) is 3. The molecule has 4 rings (SSSR count). The van der Waals surface area contributed by atoms with Crippen LogP contribution in [0.5, 0.6) is 5.75 Å². The molecule has 0 amide bonds. The van der Waals surface area contributed by atoms with Gasteiger partial charge in [-0.3, -0.25) is 4.40 Å². The summed E-state index contributed by atoms with van der Waals surface area (Å²) in [6.07, 6.45) is -0.940. The highest BCUT2D eigenvalue weighted by Gasteiger charge is 2.33. The minimum Gasteiger partial charge on any atom is -0.497 e. The Balaban J connectivity index is 1.81. The number of anilines is 1. The summed E-state index contributed by atoms with van der Waals surface area (Å²) in [6.45, 7) is 3.30. The van der Waals surface area contributed by atoms with Gasteiger partial charge < -0.3 is 10.1 Å². The van der Waals surface area contributed by atoms with Crippen LogP contribution in [-0.2, 0) is 6.18 Å². The number of hydrogen-bond donors (Lipinski definition) is 1. The van der Waals surface area contributed by atoms with Crippen LogP contribution in [0.2, 0.25) is 0 Å². The van der Waals surface area contributed by atoms with E-state index in [0.717, 1.165) is 17.0 Å². The van der Waals surface area contributed by atoms with Crippen LogP contribution in [0.1, 0.15) is 29.7 Å². The van der Waals surface area contributed by atoms with E-state index in [9.17, 15) is 13.2 Å². The molecule has 0 radical (unpaired) electrons. The Kier molecular flexibility index (Phi) is 4.56. The second-order valence-corrected chi connectivity index (χ2v) is 6.82.